The Kier molecular flexibility index (Phi) is 5.32. The van der Waals surface area contributed by atoms with Gasteiger partial charge in [-0.05, 0) is 25.0 Å². The third-order valence-electron chi connectivity index (χ3n) is 4.14. The molecule has 0 bridgehead atoms. The fourth-order valence-electron chi connectivity index (χ4n) is 2.89. The molecule has 0 saturated carbocycles. The van der Waals surface area contributed by atoms with E-state index < -0.39 is 5.63 Å². The van der Waals surface area contributed by atoms with Gasteiger partial charge < -0.3 is 18.8 Å². The SMILES string of the molecule is COc1ccccc1Sc1c(O)c2c(=O)n(CC(C)C)c(C)cc2oc1=O. The third kappa shape index (κ3) is 3.60. The smallest absolute Gasteiger partial charge is 0.354 e. The summed E-state index contributed by atoms with van der Waals surface area (Å²) in [4.78, 5) is 26.0. The van der Waals surface area contributed by atoms with Gasteiger partial charge in [0.2, 0.25) is 0 Å². The van der Waals surface area contributed by atoms with Crippen LogP contribution in [0, 0.1) is 12.8 Å². The number of hydrogen-bond donors (Lipinski definition) is 1. The van der Waals surface area contributed by atoms with E-state index in [9.17, 15) is 14.7 Å². The number of fused-ring (bicyclic) bond motifs is 1. The maximum absolute atomic E-state index is 13.0. The van der Waals surface area contributed by atoms with Crippen LogP contribution in [0.1, 0.15) is 19.5 Å². The molecule has 1 aromatic carbocycles. The summed E-state index contributed by atoms with van der Waals surface area (Å²) in [6.45, 7) is 6.29. The second-order valence-corrected chi connectivity index (χ2v) is 7.71. The number of aryl methyl sites for hydroxylation is 1. The van der Waals surface area contributed by atoms with Crippen molar-refractivity contribution in [2.75, 3.05) is 7.11 Å². The predicted octanol–water partition coefficient (Wildman–Crippen LogP) is 3.78. The first-order valence-electron chi connectivity index (χ1n) is 8.54. The molecule has 0 aliphatic carbocycles. The first-order chi connectivity index (χ1) is 12.8. The summed E-state index contributed by atoms with van der Waals surface area (Å²) in [5.74, 6) is 0.446. The van der Waals surface area contributed by atoms with Gasteiger partial charge in [-0.3, -0.25) is 4.79 Å². The molecule has 0 atom stereocenters. The molecule has 0 fully saturated rings. The second-order valence-electron chi connectivity index (χ2n) is 6.65. The number of nitrogens with zero attached hydrogens (tertiary/aromatic N) is 1. The van der Waals surface area contributed by atoms with Gasteiger partial charge in [-0.15, -0.1) is 0 Å². The maximum atomic E-state index is 13.0. The Morgan fingerprint density at radius 1 is 1.26 bits per heavy atom. The highest BCUT2D eigenvalue weighted by Gasteiger charge is 2.21. The minimum atomic E-state index is -0.698. The Balaban J connectivity index is 2.23. The largest absolute Gasteiger partial charge is 0.505 e. The van der Waals surface area contributed by atoms with Gasteiger partial charge >= 0.3 is 5.63 Å². The van der Waals surface area contributed by atoms with Crippen molar-refractivity contribution in [3.8, 4) is 11.5 Å². The zero-order valence-electron chi connectivity index (χ0n) is 15.6. The van der Waals surface area contributed by atoms with Crippen LogP contribution in [0.4, 0.5) is 0 Å². The number of aromatic nitrogens is 1. The molecule has 3 aromatic rings. The molecule has 0 aliphatic rings. The van der Waals surface area contributed by atoms with E-state index in [2.05, 4.69) is 0 Å². The topological polar surface area (TPSA) is 81.7 Å². The first-order valence-corrected chi connectivity index (χ1v) is 9.36. The van der Waals surface area contributed by atoms with Gasteiger partial charge in [-0.25, -0.2) is 4.79 Å². The lowest BCUT2D eigenvalue weighted by atomic mass is 10.2. The highest BCUT2D eigenvalue weighted by atomic mass is 32.2. The van der Waals surface area contributed by atoms with E-state index in [0.29, 0.717) is 22.9 Å². The van der Waals surface area contributed by atoms with Crippen LogP contribution in [-0.2, 0) is 6.54 Å². The molecule has 0 spiro atoms. The molecule has 2 heterocycles. The van der Waals surface area contributed by atoms with E-state index in [-0.39, 0.29) is 33.1 Å². The van der Waals surface area contributed by atoms with Crippen LogP contribution in [0.5, 0.6) is 11.5 Å². The summed E-state index contributed by atoms with van der Waals surface area (Å²) >= 11 is 1.01. The van der Waals surface area contributed by atoms with Crippen molar-refractivity contribution in [3.05, 3.63) is 56.8 Å². The average Bonchev–Trinajstić information content (AvgIpc) is 2.62. The van der Waals surface area contributed by atoms with Crippen LogP contribution in [0.25, 0.3) is 11.0 Å². The van der Waals surface area contributed by atoms with Crippen molar-refractivity contribution in [2.24, 2.45) is 5.92 Å². The lowest BCUT2D eigenvalue weighted by Gasteiger charge is -2.14. The highest BCUT2D eigenvalue weighted by Crippen LogP contribution is 2.39. The van der Waals surface area contributed by atoms with Crippen molar-refractivity contribution in [1.29, 1.82) is 0 Å². The predicted molar refractivity (Wildman–Crippen MR) is 105 cm³/mol. The Hall–Kier alpha value is -2.67. The summed E-state index contributed by atoms with van der Waals surface area (Å²) in [7, 11) is 1.52. The minimum Gasteiger partial charge on any atom is -0.505 e. The molecule has 1 N–H and O–H groups in total. The number of aromatic hydroxyl groups is 1. The molecule has 6 nitrogen and oxygen atoms in total. The summed E-state index contributed by atoms with van der Waals surface area (Å²) < 4.78 is 12.2. The molecule has 7 heteroatoms. The van der Waals surface area contributed by atoms with Crippen molar-refractivity contribution >= 4 is 22.7 Å². The number of para-hydroxylation sites is 1. The zero-order valence-corrected chi connectivity index (χ0v) is 16.4. The van der Waals surface area contributed by atoms with E-state index in [0.717, 1.165) is 11.8 Å². The summed E-state index contributed by atoms with van der Waals surface area (Å²) in [5.41, 5.74) is -0.309. The van der Waals surface area contributed by atoms with Crippen LogP contribution in [0.2, 0.25) is 0 Å². The monoisotopic (exact) mass is 387 g/mol. The molecule has 0 radical (unpaired) electrons. The quantitative estimate of drug-likeness (QED) is 0.717. The second kappa shape index (κ2) is 7.52. The van der Waals surface area contributed by atoms with Crippen LogP contribution in [-0.4, -0.2) is 16.8 Å². The fraction of sp³-hybridized carbons (Fsp3) is 0.300. The molecular weight excluding hydrogens is 366 g/mol. The van der Waals surface area contributed by atoms with Gasteiger partial charge in [0.15, 0.2) is 5.75 Å². The lowest BCUT2D eigenvalue weighted by molar-refractivity contribution is 0.404. The molecule has 0 unspecified atom stereocenters. The number of methoxy groups -OCH3 is 1. The highest BCUT2D eigenvalue weighted by molar-refractivity contribution is 7.99. The maximum Gasteiger partial charge on any atom is 0.354 e. The van der Waals surface area contributed by atoms with Crippen LogP contribution >= 0.6 is 11.8 Å². The van der Waals surface area contributed by atoms with E-state index in [4.69, 9.17) is 9.15 Å². The Labute approximate surface area is 160 Å². The van der Waals surface area contributed by atoms with Gasteiger partial charge in [0, 0.05) is 18.3 Å². The standard InChI is InChI=1S/C20H21NO5S/c1-11(2)10-21-12(3)9-14-16(19(21)23)17(22)18(20(24)26-14)27-15-8-6-5-7-13(15)25-4/h5-9,11,22H,10H2,1-4H3. The van der Waals surface area contributed by atoms with Crippen LogP contribution < -0.4 is 15.9 Å². The average molecular weight is 387 g/mol. The number of ether oxygens (including phenoxy) is 1. The molecule has 0 amide bonds. The van der Waals surface area contributed by atoms with Crippen molar-refractivity contribution in [3.63, 3.8) is 0 Å². The van der Waals surface area contributed by atoms with Crippen LogP contribution in [0.3, 0.4) is 0 Å². The number of pyridine rings is 1. The molecule has 27 heavy (non-hydrogen) atoms. The first kappa shape index (κ1) is 19.1. The van der Waals surface area contributed by atoms with E-state index in [1.807, 2.05) is 13.8 Å². The normalized spacial score (nSPS) is 11.3. The third-order valence-corrected chi connectivity index (χ3v) is 5.26. The van der Waals surface area contributed by atoms with Gasteiger partial charge in [0.1, 0.15) is 21.6 Å². The minimum absolute atomic E-state index is 0.0123. The fourth-order valence-corrected chi connectivity index (χ4v) is 3.83. The molecular formula is C20H21NO5S. The number of hydrogen-bond acceptors (Lipinski definition) is 6. The molecule has 0 aliphatic heterocycles. The number of rotatable bonds is 5. The lowest BCUT2D eigenvalue weighted by Crippen LogP contribution is -2.25. The van der Waals surface area contributed by atoms with Crippen molar-refractivity contribution < 1.29 is 14.3 Å². The van der Waals surface area contributed by atoms with Crippen molar-refractivity contribution in [2.45, 2.75) is 37.1 Å². The molecule has 2 aromatic heterocycles. The van der Waals surface area contributed by atoms with E-state index in [1.165, 1.54) is 7.11 Å². The number of benzene rings is 1. The van der Waals surface area contributed by atoms with E-state index >= 15 is 0 Å². The molecule has 142 valence electrons. The Morgan fingerprint density at radius 2 is 1.96 bits per heavy atom. The zero-order chi connectivity index (χ0) is 19.7. The van der Waals surface area contributed by atoms with Gasteiger partial charge in [-0.2, -0.15) is 0 Å². The van der Waals surface area contributed by atoms with Crippen molar-refractivity contribution in [1.82, 2.24) is 4.57 Å². The van der Waals surface area contributed by atoms with Crippen LogP contribution in [0.15, 0.2) is 54.1 Å². The van der Waals surface area contributed by atoms with Gasteiger partial charge in [-0.1, -0.05) is 37.7 Å². The Morgan fingerprint density at radius 3 is 2.63 bits per heavy atom. The summed E-state index contributed by atoms with van der Waals surface area (Å²) in [5, 5.41) is 10.8. The molecule has 3 rings (SSSR count). The molecule has 0 saturated heterocycles. The van der Waals surface area contributed by atoms with Gasteiger partial charge in [0.25, 0.3) is 5.56 Å². The Bertz CT molecular complexity index is 1110. The summed E-state index contributed by atoms with van der Waals surface area (Å²) in [6, 6.07) is 8.72. The summed E-state index contributed by atoms with van der Waals surface area (Å²) in [6.07, 6.45) is 0. The van der Waals surface area contributed by atoms with Gasteiger partial charge in [0.05, 0.1) is 12.0 Å². The van der Waals surface area contributed by atoms with E-state index in [1.54, 1.807) is 41.8 Å².